The van der Waals surface area contributed by atoms with Crippen LogP contribution < -0.4 is 0 Å². The van der Waals surface area contributed by atoms with Crippen LogP contribution in [-0.2, 0) is 6.54 Å². The smallest absolute Gasteiger partial charge is 0.155 e. The SMILES string of the molecule is Cc1cc2nccc(C3CCN(Cc4csc(C)n4)CC3)n2n1. The second-order valence-electron chi connectivity index (χ2n) is 6.33. The molecule has 23 heavy (non-hydrogen) atoms. The third kappa shape index (κ3) is 3.01. The van der Waals surface area contributed by atoms with Gasteiger partial charge in [-0.3, -0.25) is 4.90 Å². The minimum Gasteiger partial charge on any atom is -0.297 e. The summed E-state index contributed by atoms with van der Waals surface area (Å²) in [7, 11) is 0. The zero-order valence-electron chi connectivity index (χ0n) is 13.6. The molecule has 0 N–H and O–H groups in total. The van der Waals surface area contributed by atoms with E-state index >= 15 is 0 Å². The summed E-state index contributed by atoms with van der Waals surface area (Å²) in [5, 5.41) is 7.95. The highest BCUT2D eigenvalue weighted by molar-refractivity contribution is 7.09. The molecule has 5 nitrogen and oxygen atoms in total. The predicted molar refractivity (Wildman–Crippen MR) is 91.8 cm³/mol. The van der Waals surface area contributed by atoms with Crippen LogP contribution in [0.5, 0.6) is 0 Å². The van der Waals surface area contributed by atoms with E-state index in [2.05, 4.69) is 38.3 Å². The number of likely N-dealkylation sites (tertiary alicyclic amines) is 1. The summed E-state index contributed by atoms with van der Waals surface area (Å²) in [6, 6.07) is 4.17. The monoisotopic (exact) mass is 327 g/mol. The molecule has 0 amide bonds. The Bertz CT molecular complexity index is 813. The zero-order chi connectivity index (χ0) is 15.8. The van der Waals surface area contributed by atoms with Gasteiger partial charge in [-0.15, -0.1) is 11.3 Å². The molecule has 6 heteroatoms. The number of thiazole rings is 1. The maximum atomic E-state index is 4.61. The molecule has 3 aromatic heterocycles. The van der Waals surface area contributed by atoms with Gasteiger partial charge in [0.05, 0.1) is 16.4 Å². The van der Waals surface area contributed by atoms with Gasteiger partial charge in [-0.05, 0) is 45.8 Å². The van der Waals surface area contributed by atoms with E-state index in [1.165, 1.54) is 24.2 Å². The molecular weight excluding hydrogens is 306 g/mol. The third-order valence-corrected chi connectivity index (χ3v) is 5.39. The van der Waals surface area contributed by atoms with E-state index in [1.807, 2.05) is 23.7 Å². The van der Waals surface area contributed by atoms with Gasteiger partial charge in [-0.25, -0.2) is 14.5 Å². The number of piperidine rings is 1. The molecule has 0 radical (unpaired) electrons. The molecule has 0 unspecified atom stereocenters. The maximum absolute atomic E-state index is 4.61. The molecule has 4 rings (SSSR count). The first-order valence-electron chi connectivity index (χ1n) is 8.14. The van der Waals surface area contributed by atoms with Crippen molar-refractivity contribution in [2.75, 3.05) is 13.1 Å². The molecule has 0 saturated carbocycles. The zero-order valence-corrected chi connectivity index (χ0v) is 14.4. The van der Waals surface area contributed by atoms with Crippen molar-refractivity contribution in [2.45, 2.75) is 39.2 Å². The highest BCUT2D eigenvalue weighted by Gasteiger charge is 2.23. The summed E-state index contributed by atoms with van der Waals surface area (Å²) in [5.41, 5.74) is 4.49. The topological polar surface area (TPSA) is 46.3 Å². The Kier molecular flexibility index (Phi) is 3.87. The second kappa shape index (κ2) is 6.02. The van der Waals surface area contributed by atoms with Gasteiger partial charge < -0.3 is 0 Å². The fourth-order valence-electron chi connectivity index (χ4n) is 3.43. The van der Waals surface area contributed by atoms with Gasteiger partial charge in [0.25, 0.3) is 0 Å². The Labute approximate surface area is 140 Å². The lowest BCUT2D eigenvalue weighted by molar-refractivity contribution is 0.200. The van der Waals surface area contributed by atoms with Crippen molar-refractivity contribution in [3.8, 4) is 0 Å². The summed E-state index contributed by atoms with van der Waals surface area (Å²) in [4.78, 5) is 11.5. The van der Waals surface area contributed by atoms with Crippen LogP contribution in [0.1, 0.15) is 40.8 Å². The lowest BCUT2D eigenvalue weighted by atomic mass is 9.93. The summed E-state index contributed by atoms with van der Waals surface area (Å²) < 4.78 is 2.03. The number of fused-ring (bicyclic) bond motifs is 1. The van der Waals surface area contributed by atoms with Gasteiger partial charge in [0.1, 0.15) is 0 Å². The number of nitrogens with zero attached hydrogens (tertiary/aromatic N) is 5. The molecule has 1 aliphatic heterocycles. The molecule has 0 aromatic carbocycles. The van der Waals surface area contributed by atoms with E-state index in [1.54, 1.807) is 11.3 Å². The molecular formula is C17H21N5S. The van der Waals surface area contributed by atoms with Crippen molar-refractivity contribution in [2.24, 2.45) is 0 Å². The summed E-state index contributed by atoms with van der Waals surface area (Å²) in [5.74, 6) is 0.563. The van der Waals surface area contributed by atoms with Gasteiger partial charge in [-0.1, -0.05) is 0 Å². The lowest BCUT2D eigenvalue weighted by Gasteiger charge is -2.31. The van der Waals surface area contributed by atoms with Crippen LogP contribution in [0.3, 0.4) is 0 Å². The normalized spacial score (nSPS) is 17.1. The summed E-state index contributed by atoms with van der Waals surface area (Å²) in [6.07, 6.45) is 4.25. The largest absolute Gasteiger partial charge is 0.297 e. The standard InChI is InChI=1S/C17H21N5S/c1-12-9-17-18-6-3-16(22(17)20-12)14-4-7-21(8-5-14)10-15-11-23-13(2)19-15/h3,6,9,11,14H,4-5,7-8,10H2,1-2H3. The predicted octanol–water partition coefficient (Wildman–Crippen LogP) is 3.18. The Morgan fingerprint density at radius 2 is 2.09 bits per heavy atom. The molecule has 1 aliphatic rings. The van der Waals surface area contributed by atoms with E-state index in [4.69, 9.17) is 0 Å². The molecule has 0 aliphatic carbocycles. The first-order chi connectivity index (χ1) is 11.2. The molecule has 120 valence electrons. The van der Waals surface area contributed by atoms with Gasteiger partial charge in [0, 0.05) is 35.8 Å². The van der Waals surface area contributed by atoms with Crippen molar-refractivity contribution >= 4 is 17.0 Å². The fourth-order valence-corrected chi connectivity index (χ4v) is 4.04. The number of rotatable bonds is 3. The number of hydrogen-bond acceptors (Lipinski definition) is 5. The molecule has 0 bridgehead atoms. The van der Waals surface area contributed by atoms with Crippen molar-refractivity contribution in [1.29, 1.82) is 0 Å². The second-order valence-corrected chi connectivity index (χ2v) is 7.40. The van der Waals surface area contributed by atoms with Crippen LogP contribution in [0.2, 0.25) is 0 Å². The Morgan fingerprint density at radius 1 is 1.26 bits per heavy atom. The molecule has 0 atom stereocenters. The molecule has 1 saturated heterocycles. The quantitative estimate of drug-likeness (QED) is 0.741. The van der Waals surface area contributed by atoms with Gasteiger partial charge in [0.15, 0.2) is 5.65 Å². The molecule has 4 heterocycles. The van der Waals surface area contributed by atoms with Crippen molar-refractivity contribution < 1.29 is 0 Å². The van der Waals surface area contributed by atoms with Crippen LogP contribution in [-0.4, -0.2) is 37.6 Å². The first-order valence-corrected chi connectivity index (χ1v) is 9.01. The van der Waals surface area contributed by atoms with Crippen LogP contribution >= 0.6 is 11.3 Å². The average Bonchev–Trinajstić information content (AvgIpc) is 3.12. The first kappa shape index (κ1) is 14.8. The van der Waals surface area contributed by atoms with Gasteiger partial charge in [0.2, 0.25) is 0 Å². The van der Waals surface area contributed by atoms with Crippen LogP contribution in [0, 0.1) is 13.8 Å². The third-order valence-electron chi connectivity index (χ3n) is 4.57. The molecule has 0 spiro atoms. The van der Waals surface area contributed by atoms with Crippen LogP contribution in [0.4, 0.5) is 0 Å². The van der Waals surface area contributed by atoms with E-state index in [-0.39, 0.29) is 0 Å². The average molecular weight is 327 g/mol. The van der Waals surface area contributed by atoms with E-state index in [9.17, 15) is 0 Å². The van der Waals surface area contributed by atoms with E-state index in [0.717, 1.165) is 36.0 Å². The molecule has 3 aromatic rings. The Hall–Kier alpha value is -1.79. The van der Waals surface area contributed by atoms with Gasteiger partial charge in [-0.2, -0.15) is 5.10 Å². The maximum Gasteiger partial charge on any atom is 0.155 e. The number of aryl methyl sites for hydroxylation is 2. The van der Waals surface area contributed by atoms with E-state index < -0.39 is 0 Å². The minimum atomic E-state index is 0.563. The number of aromatic nitrogens is 4. The van der Waals surface area contributed by atoms with E-state index in [0.29, 0.717) is 5.92 Å². The summed E-state index contributed by atoms with van der Waals surface area (Å²) in [6.45, 7) is 7.30. The highest BCUT2D eigenvalue weighted by Crippen LogP contribution is 2.28. The Balaban J connectivity index is 1.46. The summed E-state index contributed by atoms with van der Waals surface area (Å²) >= 11 is 1.74. The van der Waals surface area contributed by atoms with Gasteiger partial charge >= 0.3 is 0 Å². The fraction of sp³-hybridized carbons (Fsp3) is 0.471. The van der Waals surface area contributed by atoms with Crippen molar-refractivity contribution in [3.05, 3.63) is 45.8 Å². The Morgan fingerprint density at radius 3 is 2.83 bits per heavy atom. The van der Waals surface area contributed by atoms with Crippen LogP contribution in [0.25, 0.3) is 5.65 Å². The highest BCUT2D eigenvalue weighted by atomic mass is 32.1. The molecule has 1 fully saturated rings. The lowest BCUT2D eigenvalue weighted by Crippen LogP contribution is -2.33. The number of hydrogen-bond donors (Lipinski definition) is 0. The minimum absolute atomic E-state index is 0.563. The van der Waals surface area contributed by atoms with Crippen LogP contribution in [0.15, 0.2) is 23.7 Å². The van der Waals surface area contributed by atoms with Crippen molar-refractivity contribution in [3.63, 3.8) is 0 Å². The van der Waals surface area contributed by atoms with Crippen molar-refractivity contribution in [1.82, 2.24) is 24.5 Å².